The molecule has 6 atom stereocenters. The summed E-state index contributed by atoms with van der Waals surface area (Å²) in [6.07, 6.45) is 4.40. The van der Waals surface area contributed by atoms with Crippen LogP contribution in [0.5, 0.6) is 0 Å². The Hall–Kier alpha value is -2.97. The summed E-state index contributed by atoms with van der Waals surface area (Å²) in [6, 6.07) is 8.15. The number of likely N-dealkylation sites (tertiary alicyclic amines) is 1. The molecule has 0 aliphatic carbocycles. The molecule has 3 amide bonds. The molecule has 0 radical (unpaired) electrons. The van der Waals surface area contributed by atoms with Crippen molar-refractivity contribution in [1.82, 2.24) is 14.7 Å². The van der Waals surface area contributed by atoms with Crippen molar-refractivity contribution in [3.05, 3.63) is 61.2 Å². The van der Waals surface area contributed by atoms with Gasteiger partial charge in [0.15, 0.2) is 0 Å². The van der Waals surface area contributed by atoms with Gasteiger partial charge in [0.25, 0.3) is 0 Å². The summed E-state index contributed by atoms with van der Waals surface area (Å²) < 4.78 is 6.76. The van der Waals surface area contributed by atoms with E-state index in [1.165, 1.54) is 4.90 Å². The van der Waals surface area contributed by atoms with Crippen LogP contribution in [0.15, 0.2) is 55.6 Å². The highest BCUT2D eigenvalue weighted by atomic mass is 16.5. The van der Waals surface area contributed by atoms with Gasteiger partial charge in [-0.25, -0.2) is 0 Å². The molecule has 3 aliphatic rings. The number of hydrogen-bond donors (Lipinski definition) is 1. The van der Waals surface area contributed by atoms with Gasteiger partial charge >= 0.3 is 0 Å². The standard InChI is InChI=1S/C31H43N3O5/c1-8-17-32(19-22-13-11-10-12-14-22)26(36)23-24-27(37)34(21(3)20-35)25(31(24)16-15-30(23,7)39-31)28(38)33(18-9-2)29(4,5)6/h8-14,21,23-25,35H,1-2,15-20H2,3-7H3/t21-,23-,24+,25?,30+,31?/m1/s1. The summed E-state index contributed by atoms with van der Waals surface area (Å²) in [5.41, 5.74) is -1.60. The Morgan fingerprint density at radius 2 is 1.79 bits per heavy atom. The van der Waals surface area contributed by atoms with E-state index in [0.717, 1.165) is 5.56 Å². The highest BCUT2D eigenvalue weighted by Gasteiger charge is 2.78. The lowest BCUT2D eigenvalue weighted by atomic mass is 9.66. The highest BCUT2D eigenvalue weighted by molar-refractivity contribution is 5.99. The zero-order valence-electron chi connectivity index (χ0n) is 23.9. The summed E-state index contributed by atoms with van der Waals surface area (Å²) in [7, 11) is 0. The molecule has 8 heteroatoms. The molecular weight excluding hydrogens is 494 g/mol. The molecule has 1 aromatic rings. The van der Waals surface area contributed by atoms with Crippen molar-refractivity contribution in [2.45, 2.75) is 82.8 Å². The number of amides is 3. The first-order valence-corrected chi connectivity index (χ1v) is 13.9. The zero-order chi connectivity index (χ0) is 28.8. The molecule has 8 nitrogen and oxygen atoms in total. The maximum Gasteiger partial charge on any atom is 0.249 e. The second-order valence-electron chi connectivity index (χ2n) is 12.4. The van der Waals surface area contributed by atoms with Crippen molar-refractivity contribution < 1.29 is 24.2 Å². The summed E-state index contributed by atoms with van der Waals surface area (Å²) in [6.45, 7) is 17.8. The van der Waals surface area contributed by atoms with Gasteiger partial charge < -0.3 is 24.5 Å². The van der Waals surface area contributed by atoms with Gasteiger partial charge in [-0.1, -0.05) is 42.5 Å². The van der Waals surface area contributed by atoms with E-state index in [9.17, 15) is 19.5 Å². The normalized spacial score (nSPS) is 30.2. The topological polar surface area (TPSA) is 90.4 Å². The molecular formula is C31H43N3O5. The monoisotopic (exact) mass is 537 g/mol. The van der Waals surface area contributed by atoms with Crippen LogP contribution in [-0.4, -0.2) is 86.0 Å². The van der Waals surface area contributed by atoms with Gasteiger partial charge in [0, 0.05) is 25.2 Å². The summed E-state index contributed by atoms with van der Waals surface area (Å²) in [4.78, 5) is 47.9. The SMILES string of the molecule is C=CCN(Cc1ccccc1)C(=O)[C@H]1[C@H]2C(=O)N([C@H](C)CO)C(C(=O)N(CC=C)C(C)(C)C)C23CC[C@]1(C)O3. The Bertz CT molecular complexity index is 1130. The number of benzene rings is 1. The number of rotatable bonds is 10. The summed E-state index contributed by atoms with van der Waals surface area (Å²) in [5, 5.41) is 10.1. The minimum absolute atomic E-state index is 0.176. The van der Waals surface area contributed by atoms with Crippen molar-refractivity contribution in [3.8, 4) is 0 Å². The number of carbonyl (C=O) groups is 3. The fourth-order valence-corrected chi connectivity index (χ4v) is 6.94. The van der Waals surface area contributed by atoms with E-state index in [-0.39, 0.29) is 24.3 Å². The van der Waals surface area contributed by atoms with Crippen LogP contribution in [0.1, 0.15) is 53.0 Å². The van der Waals surface area contributed by atoms with E-state index in [4.69, 9.17) is 4.74 Å². The van der Waals surface area contributed by atoms with E-state index in [0.29, 0.717) is 32.5 Å². The minimum atomic E-state index is -1.15. The minimum Gasteiger partial charge on any atom is -0.394 e. The van der Waals surface area contributed by atoms with Crippen LogP contribution in [0, 0.1) is 11.8 Å². The van der Waals surface area contributed by atoms with Gasteiger partial charge in [0.2, 0.25) is 17.7 Å². The molecule has 4 rings (SSSR count). The van der Waals surface area contributed by atoms with E-state index in [1.54, 1.807) is 28.9 Å². The highest BCUT2D eigenvalue weighted by Crippen LogP contribution is 2.64. The molecule has 3 aliphatic heterocycles. The first kappa shape index (κ1) is 29.0. The Morgan fingerprint density at radius 3 is 2.36 bits per heavy atom. The number of aliphatic hydroxyl groups excluding tert-OH is 1. The van der Waals surface area contributed by atoms with Gasteiger partial charge in [0.1, 0.15) is 11.6 Å². The second-order valence-corrected chi connectivity index (χ2v) is 12.4. The van der Waals surface area contributed by atoms with E-state index >= 15 is 0 Å². The number of nitrogens with zero attached hydrogens (tertiary/aromatic N) is 3. The largest absolute Gasteiger partial charge is 0.394 e. The predicted octanol–water partition coefficient (Wildman–Crippen LogP) is 3.16. The zero-order valence-corrected chi connectivity index (χ0v) is 23.9. The third kappa shape index (κ3) is 4.72. The van der Waals surface area contributed by atoms with Crippen LogP contribution < -0.4 is 0 Å². The van der Waals surface area contributed by atoms with Crippen LogP contribution in [0.3, 0.4) is 0 Å². The van der Waals surface area contributed by atoms with Crippen LogP contribution in [0.4, 0.5) is 0 Å². The lowest BCUT2D eigenvalue weighted by molar-refractivity contribution is -0.158. The predicted molar refractivity (Wildman–Crippen MR) is 149 cm³/mol. The maximum atomic E-state index is 14.4. The molecule has 3 fully saturated rings. The van der Waals surface area contributed by atoms with Gasteiger partial charge in [-0.3, -0.25) is 14.4 Å². The van der Waals surface area contributed by atoms with Gasteiger partial charge in [-0.2, -0.15) is 0 Å². The molecule has 2 unspecified atom stereocenters. The van der Waals surface area contributed by atoms with Crippen LogP contribution in [0.2, 0.25) is 0 Å². The molecule has 1 spiro atoms. The summed E-state index contributed by atoms with van der Waals surface area (Å²) in [5.74, 6) is -2.30. The molecule has 3 heterocycles. The Morgan fingerprint density at radius 1 is 1.15 bits per heavy atom. The molecule has 1 aromatic carbocycles. The molecule has 39 heavy (non-hydrogen) atoms. The quantitative estimate of drug-likeness (QED) is 0.463. The molecule has 0 saturated carbocycles. The first-order valence-electron chi connectivity index (χ1n) is 13.9. The smallest absolute Gasteiger partial charge is 0.249 e. The molecule has 0 aromatic heterocycles. The Balaban J connectivity index is 1.78. The Kier molecular flexibility index (Phi) is 7.85. The first-order chi connectivity index (χ1) is 18.4. The van der Waals surface area contributed by atoms with Gasteiger partial charge in [0.05, 0.1) is 30.1 Å². The van der Waals surface area contributed by atoms with Crippen molar-refractivity contribution in [2.24, 2.45) is 11.8 Å². The third-order valence-corrected chi connectivity index (χ3v) is 8.72. The average molecular weight is 538 g/mol. The maximum absolute atomic E-state index is 14.4. The van der Waals surface area contributed by atoms with E-state index < -0.39 is 40.7 Å². The van der Waals surface area contributed by atoms with Gasteiger partial charge in [-0.05, 0) is 53.0 Å². The molecule has 1 N–H and O–H groups in total. The fraction of sp³-hybridized carbons (Fsp3) is 0.581. The Labute approximate surface area is 232 Å². The number of aliphatic hydroxyl groups is 1. The van der Waals surface area contributed by atoms with Crippen molar-refractivity contribution in [3.63, 3.8) is 0 Å². The van der Waals surface area contributed by atoms with Crippen molar-refractivity contribution in [2.75, 3.05) is 19.7 Å². The lowest BCUT2D eigenvalue weighted by Gasteiger charge is -2.43. The van der Waals surface area contributed by atoms with E-state index in [1.807, 2.05) is 58.0 Å². The fourth-order valence-electron chi connectivity index (χ4n) is 6.94. The van der Waals surface area contributed by atoms with Crippen molar-refractivity contribution >= 4 is 17.7 Å². The molecule has 212 valence electrons. The number of carbonyl (C=O) groups excluding carboxylic acids is 3. The van der Waals surface area contributed by atoms with Gasteiger partial charge in [-0.15, -0.1) is 13.2 Å². The second kappa shape index (κ2) is 10.5. The lowest BCUT2D eigenvalue weighted by Crippen LogP contribution is -2.61. The summed E-state index contributed by atoms with van der Waals surface area (Å²) >= 11 is 0. The number of fused-ring (bicyclic) bond motifs is 1. The molecule has 2 bridgehead atoms. The van der Waals surface area contributed by atoms with Crippen LogP contribution in [-0.2, 0) is 25.7 Å². The van der Waals surface area contributed by atoms with Crippen LogP contribution in [0.25, 0.3) is 0 Å². The number of hydrogen-bond acceptors (Lipinski definition) is 5. The number of ether oxygens (including phenoxy) is 1. The van der Waals surface area contributed by atoms with Crippen LogP contribution >= 0.6 is 0 Å². The van der Waals surface area contributed by atoms with E-state index in [2.05, 4.69) is 13.2 Å². The third-order valence-electron chi connectivity index (χ3n) is 8.72. The average Bonchev–Trinajstić information content (AvgIpc) is 3.46. The van der Waals surface area contributed by atoms with Crippen molar-refractivity contribution in [1.29, 1.82) is 0 Å². The molecule has 3 saturated heterocycles.